The zero-order valence-electron chi connectivity index (χ0n) is 10.8. The molecule has 21 heavy (non-hydrogen) atoms. The fraction of sp³-hybridized carbons (Fsp3) is 0.154. The van der Waals surface area contributed by atoms with Gasteiger partial charge in [-0.25, -0.2) is 9.37 Å². The minimum Gasteiger partial charge on any atom is -0.348 e. The lowest BCUT2D eigenvalue weighted by atomic mass is 10.2. The molecule has 0 spiro atoms. The maximum atomic E-state index is 13.1. The second-order valence-electron chi connectivity index (χ2n) is 4.47. The summed E-state index contributed by atoms with van der Waals surface area (Å²) in [6, 6.07) is 3.82. The molecule has 0 saturated heterocycles. The molecule has 0 aliphatic heterocycles. The highest BCUT2D eigenvalue weighted by Gasteiger charge is 2.18. The molecule has 3 N–H and O–H groups in total. The number of aromatic amines is 1. The maximum Gasteiger partial charge on any atom is 0.244 e. The summed E-state index contributed by atoms with van der Waals surface area (Å²) in [6.07, 6.45) is 3.77. The molecule has 0 bridgehead atoms. The Labute approximate surface area is 127 Å². The van der Waals surface area contributed by atoms with E-state index in [2.05, 4.69) is 36.0 Å². The summed E-state index contributed by atoms with van der Waals surface area (Å²) < 4.78 is 18.8. The molecule has 0 radical (unpaired) electrons. The predicted octanol–water partition coefficient (Wildman–Crippen LogP) is 2.60. The smallest absolute Gasteiger partial charge is 0.244 e. The molecule has 0 amide bonds. The molecule has 2 aromatic heterocycles. The number of H-pyrrole nitrogens is 1. The van der Waals surface area contributed by atoms with E-state index in [4.69, 9.17) is 10.3 Å². The standard InChI is InChI=1S/C13H11BrFN5O/c14-10-3-7(15)1-2-9(10)12-19-13(21-20-12)11(16)4-8-5-17-6-18-8/h1-3,5-6,11H,4,16H2,(H,17,18)/t11-/m1/s1. The Morgan fingerprint density at radius 3 is 3.00 bits per heavy atom. The van der Waals surface area contributed by atoms with Crippen LogP contribution in [0.3, 0.4) is 0 Å². The minimum absolute atomic E-state index is 0.316. The lowest BCUT2D eigenvalue weighted by Gasteiger charge is -2.03. The van der Waals surface area contributed by atoms with Crippen molar-refractivity contribution in [3.8, 4) is 11.4 Å². The van der Waals surface area contributed by atoms with Gasteiger partial charge >= 0.3 is 0 Å². The Morgan fingerprint density at radius 1 is 1.43 bits per heavy atom. The lowest BCUT2D eigenvalue weighted by Crippen LogP contribution is -2.14. The predicted molar refractivity (Wildman–Crippen MR) is 76.6 cm³/mol. The van der Waals surface area contributed by atoms with Gasteiger partial charge in [0, 0.05) is 28.3 Å². The molecular weight excluding hydrogens is 341 g/mol. The molecule has 0 aliphatic rings. The van der Waals surface area contributed by atoms with E-state index in [1.165, 1.54) is 12.1 Å². The monoisotopic (exact) mass is 351 g/mol. The van der Waals surface area contributed by atoms with Gasteiger partial charge < -0.3 is 15.2 Å². The average Bonchev–Trinajstić information content (AvgIpc) is 3.09. The molecule has 8 heteroatoms. The number of imidazole rings is 1. The van der Waals surface area contributed by atoms with E-state index in [1.807, 2.05) is 0 Å². The van der Waals surface area contributed by atoms with Crippen LogP contribution in [0.4, 0.5) is 4.39 Å². The second-order valence-corrected chi connectivity index (χ2v) is 5.32. The van der Waals surface area contributed by atoms with Crippen molar-refractivity contribution in [3.05, 3.63) is 52.6 Å². The molecule has 2 heterocycles. The first kappa shape index (κ1) is 13.9. The van der Waals surface area contributed by atoms with E-state index in [0.717, 1.165) is 5.69 Å². The van der Waals surface area contributed by atoms with Gasteiger partial charge in [-0.05, 0) is 34.1 Å². The van der Waals surface area contributed by atoms with Gasteiger partial charge in [0.25, 0.3) is 0 Å². The van der Waals surface area contributed by atoms with Crippen molar-refractivity contribution in [3.63, 3.8) is 0 Å². The van der Waals surface area contributed by atoms with Crippen LogP contribution in [0.5, 0.6) is 0 Å². The van der Waals surface area contributed by atoms with Crippen LogP contribution in [-0.4, -0.2) is 20.1 Å². The van der Waals surface area contributed by atoms with Crippen LogP contribution in [0.1, 0.15) is 17.6 Å². The Kier molecular flexibility index (Phi) is 3.80. The average molecular weight is 352 g/mol. The highest BCUT2D eigenvalue weighted by Crippen LogP contribution is 2.27. The molecule has 108 valence electrons. The molecule has 0 aliphatic carbocycles. The van der Waals surface area contributed by atoms with Crippen LogP contribution in [0.15, 0.2) is 39.7 Å². The molecule has 3 aromatic rings. The highest BCUT2D eigenvalue weighted by molar-refractivity contribution is 9.10. The first-order chi connectivity index (χ1) is 10.1. The van der Waals surface area contributed by atoms with Gasteiger partial charge in [0.05, 0.1) is 12.4 Å². The lowest BCUT2D eigenvalue weighted by molar-refractivity contribution is 0.354. The van der Waals surface area contributed by atoms with Gasteiger partial charge in [-0.15, -0.1) is 0 Å². The summed E-state index contributed by atoms with van der Waals surface area (Å²) in [5, 5.41) is 3.88. The molecule has 1 atom stereocenters. The van der Waals surface area contributed by atoms with Crippen LogP contribution >= 0.6 is 15.9 Å². The van der Waals surface area contributed by atoms with Gasteiger partial charge in [0.15, 0.2) is 0 Å². The third kappa shape index (κ3) is 3.01. The highest BCUT2D eigenvalue weighted by atomic mass is 79.9. The van der Waals surface area contributed by atoms with Crippen LogP contribution in [0.2, 0.25) is 0 Å². The number of hydrogen-bond acceptors (Lipinski definition) is 5. The number of hydrogen-bond donors (Lipinski definition) is 2. The molecule has 3 rings (SSSR count). The summed E-state index contributed by atoms with van der Waals surface area (Å²) in [4.78, 5) is 11.1. The first-order valence-corrected chi connectivity index (χ1v) is 6.94. The van der Waals surface area contributed by atoms with Crippen LogP contribution in [0, 0.1) is 5.82 Å². The van der Waals surface area contributed by atoms with Crippen molar-refractivity contribution in [2.45, 2.75) is 12.5 Å². The summed E-state index contributed by atoms with van der Waals surface area (Å²) in [7, 11) is 0. The van der Waals surface area contributed by atoms with E-state index in [0.29, 0.717) is 28.2 Å². The number of nitrogens with one attached hydrogen (secondary N) is 1. The molecule has 0 fully saturated rings. The van der Waals surface area contributed by atoms with E-state index in [9.17, 15) is 4.39 Å². The van der Waals surface area contributed by atoms with Crippen molar-refractivity contribution >= 4 is 15.9 Å². The number of benzene rings is 1. The fourth-order valence-electron chi connectivity index (χ4n) is 1.89. The summed E-state index contributed by atoms with van der Waals surface area (Å²) in [6.45, 7) is 0. The Hall–Kier alpha value is -2.06. The number of rotatable bonds is 4. The van der Waals surface area contributed by atoms with Gasteiger partial charge in [-0.1, -0.05) is 5.16 Å². The van der Waals surface area contributed by atoms with Crippen molar-refractivity contribution < 1.29 is 8.91 Å². The quantitative estimate of drug-likeness (QED) is 0.753. The first-order valence-electron chi connectivity index (χ1n) is 6.15. The SMILES string of the molecule is N[C@H](Cc1cnc[nH]1)c1nc(-c2ccc(F)cc2Br)no1. The number of nitrogens with zero attached hydrogens (tertiary/aromatic N) is 3. The van der Waals surface area contributed by atoms with E-state index < -0.39 is 6.04 Å². The molecule has 0 unspecified atom stereocenters. The number of halogens is 2. The minimum atomic E-state index is -0.439. The third-order valence-corrected chi connectivity index (χ3v) is 3.58. The largest absolute Gasteiger partial charge is 0.348 e. The molecular formula is C13H11BrFN5O. The van der Waals surface area contributed by atoms with Gasteiger partial charge in [-0.3, -0.25) is 0 Å². The Morgan fingerprint density at radius 2 is 2.29 bits per heavy atom. The normalized spacial score (nSPS) is 12.5. The second kappa shape index (κ2) is 5.74. The van der Waals surface area contributed by atoms with Gasteiger partial charge in [-0.2, -0.15) is 4.98 Å². The maximum absolute atomic E-state index is 13.1. The summed E-state index contributed by atoms with van der Waals surface area (Å²) in [5.74, 6) is 0.332. The van der Waals surface area contributed by atoms with E-state index >= 15 is 0 Å². The summed E-state index contributed by atoms with van der Waals surface area (Å²) >= 11 is 3.27. The Balaban J connectivity index is 1.82. The number of nitrogens with two attached hydrogens (primary N) is 1. The molecule has 0 saturated carbocycles. The number of aromatic nitrogens is 4. The van der Waals surface area contributed by atoms with E-state index in [-0.39, 0.29) is 5.82 Å². The molecule has 6 nitrogen and oxygen atoms in total. The van der Waals surface area contributed by atoms with Crippen LogP contribution in [0.25, 0.3) is 11.4 Å². The molecule has 1 aromatic carbocycles. The van der Waals surface area contributed by atoms with Crippen LogP contribution < -0.4 is 5.73 Å². The van der Waals surface area contributed by atoms with Gasteiger partial charge in [0.2, 0.25) is 11.7 Å². The van der Waals surface area contributed by atoms with Crippen molar-refractivity contribution in [2.24, 2.45) is 5.73 Å². The topological polar surface area (TPSA) is 93.6 Å². The summed E-state index contributed by atoms with van der Waals surface area (Å²) in [5.41, 5.74) is 7.54. The third-order valence-electron chi connectivity index (χ3n) is 2.93. The Bertz CT molecular complexity index is 743. The zero-order chi connectivity index (χ0) is 14.8. The van der Waals surface area contributed by atoms with E-state index in [1.54, 1.807) is 18.6 Å². The van der Waals surface area contributed by atoms with Crippen molar-refractivity contribution in [1.29, 1.82) is 0 Å². The fourth-order valence-corrected chi connectivity index (χ4v) is 2.41. The van der Waals surface area contributed by atoms with Crippen molar-refractivity contribution in [1.82, 2.24) is 20.1 Å². The van der Waals surface area contributed by atoms with Crippen molar-refractivity contribution in [2.75, 3.05) is 0 Å². The van der Waals surface area contributed by atoms with Gasteiger partial charge in [0.1, 0.15) is 5.82 Å². The van der Waals surface area contributed by atoms with Crippen LogP contribution in [-0.2, 0) is 6.42 Å². The zero-order valence-corrected chi connectivity index (χ0v) is 12.3.